The average Bonchev–Trinajstić information content (AvgIpc) is 2.79. The zero-order valence-corrected chi connectivity index (χ0v) is 10.2. The van der Waals surface area contributed by atoms with Gasteiger partial charge >= 0.3 is 0 Å². The van der Waals surface area contributed by atoms with Gasteiger partial charge in [0.1, 0.15) is 0 Å². The second-order valence-corrected chi connectivity index (χ2v) is 6.18. The van der Waals surface area contributed by atoms with Crippen molar-refractivity contribution in [1.29, 1.82) is 0 Å². The van der Waals surface area contributed by atoms with Crippen LogP contribution in [0.4, 0.5) is 0 Å². The number of hydrogen-bond donors (Lipinski definition) is 1. The van der Waals surface area contributed by atoms with Crippen molar-refractivity contribution in [2.45, 2.75) is 31.3 Å². The third kappa shape index (κ3) is 1.89. The molecular weight excluding hydrogens is 216 g/mol. The van der Waals surface area contributed by atoms with Crippen LogP contribution in [0.1, 0.15) is 29.9 Å². The topological polar surface area (TPSA) is 20.2 Å². The molecule has 1 nitrogen and oxygen atoms in total. The van der Waals surface area contributed by atoms with Gasteiger partial charge in [-0.05, 0) is 53.7 Å². The molecular formula is C14H18OS. The molecule has 2 aliphatic rings. The highest BCUT2D eigenvalue weighted by molar-refractivity contribution is 7.99. The Kier molecular flexibility index (Phi) is 2.95. The standard InChI is InChI=1S/C14H18OS/c15-14(11-5-6-16-9-11)8-12-7-10-3-1-2-4-13(10)12/h1-4,11-12,14-15H,5-9H2. The smallest absolute Gasteiger partial charge is 0.0582 e. The van der Waals surface area contributed by atoms with Gasteiger partial charge in [-0.1, -0.05) is 24.3 Å². The Labute approximate surface area is 101 Å². The molecule has 1 aromatic carbocycles. The fourth-order valence-electron chi connectivity index (χ4n) is 2.91. The first-order valence-electron chi connectivity index (χ1n) is 6.18. The van der Waals surface area contributed by atoms with Crippen molar-refractivity contribution in [2.75, 3.05) is 11.5 Å². The van der Waals surface area contributed by atoms with Gasteiger partial charge in [0.05, 0.1) is 6.10 Å². The van der Waals surface area contributed by atoms with Gasteiger partial charge < -0.3 is 5.11 Å². The summed E-state index contributed by atoms with van der Waals surface area (Å²) in [5, 5.41) is 10.2. The minimum absolute atomic E-state index is 0.0756. The maximum Gasteiger partial charge on any atom is 0.0582 e. The van der Waals surface area contributed by atoms with Crippen LogP contribution >= 0.6 is 11.8 Å². The zero-order chi connectivity index (χ0) is 11.0. The first-order chi connectivity index (χ1) is 7.84. The molecule has 86 valence electrons. The van der Waals surface area contributed by atoms with Gasteiger partial charge in [0.25, 0.3) is 0 Å². The summed E-state index contributed by atoms with van der Waals surface area (Å²) < 4.78 is 0. The van der Waals surface area contributed by atoms with E-state index < -0.39 is 0 Å². The van der Waals surface area contributed by atoms with Crippen molar-refractivity contribution in [2.24, 2.45) is 5.92 Å². The first kappa shape index (κ1) is 10.7. The Morgan fingerprint density at radius 1 is 1.38 bits per heavy atom. The molecule has 0 spiro atoms. The molecule has 1 heterocycles. The van der Waals surface area contributed by atoms with Crippen LogP contribution in [0.3, 0.4) is 0 Å². The molecule has 16 heavy (non-hydrogen) atoms. The van der Waals surface area contributed by atoms with Crippen LogP contribution in [0.15, 0.2) is 24.3 Å². The molecule has 0 radical (unpaired) electrons. The number of hydrogen-bond acceptors (Lipinski definition) is 2. The largest absolute Gasteiger partial charge is 0.393 e. The molecule has 1 aliphatic heterocycles. The molecule has 1 N–H and O–H groups in total. The Bertz CT molecular complexity index is 371. The predicted octanol–water partition coefficient (Wildman–Crippen LogP) is 2.83. The van der Waals surface area contributed by atoms with Gasteiger partial charge in [-0.25, -0.2) is 0 Å². The van der Waals surface area contributed by atoms with Crippen LogP contribution < -0.4 is 0 Å². The maximum atomic E-state index is 10.2. The summed E-state index contributed by atoms with van der Waals surface area (Å²) >= 11 is 1.99. The average molecular weight is 234 g/mol. The third-order valence-corrected chi connectivity index (χ3v) is 5.18. The van der Waals surface area contributed by atoms with E-state index in [0.717, 1.165) is 12.2 Å². The summed E-state index contributed by atoms with van der Waals surface area (Å²) in [5.41, 5.74) is 2.97. The molecule has 3 rings (SSSR count). The Morgan fingerprint density at radius 2 is 2.25 bits per heavy atom. The van der Waals surface area contributed by atoms with Crippen molar-refractivity contribution in [1.82, 2.24) is 0 Å². The molecule has 0 saturated carbocycles. The third-order valence-electron chi connectivity index (χ3n) is 4.00. The number of thioether (sulfide) groups is 1. The highest BCUT2D eigenvalue weighted by Crippen LogP contribution is 2.40. The molecule has 0 bridgehead atoms. The number of aliphatic hydroxyl groups is 1. The molecule has 1 saturated heterocycles. The highest BCUT2D eigenvalue weighted by Gasteiger charge is 2.31. The van der Waals surface area contributed by atoms with E-state index in [4.69, 9.17) is 0 Å². The zero-order valence-electron chi connectivity index (χ0n) is 9.43. The second kappa shape index (κ2) is 4.42. The van der Waals surface area contributed by atoms with Crippen LogP contribution in [-0.2, 0) is 6.42 Å². The van der Waals surface area contributed by atoms with Gasteiger partial charge in [0.15, 0.2) is 0 Å². The Hall–Kier alpha value is -0.470. The summed E-state index contributed by atoms with van der Waals surface area (Å²) in [4.78, 5) is 0. The predicted molar refractivity (Wildman–Crippen MR) is 68.9 cm³/mol. The molecule has 3 atom stereocenters. The summed E-state index contributed by atoms with van der Waals surface area (Å²) in [7, 11) is 0. The van der Waals surface area contributed by atoms with Crippen LogP contribution in [0, 0.1) is 5.92 Å². The fraction of sp³-hybridized carbons (Fsp3) is 0.571. The number of benzene rings is 1. The minimum Gasteiger partial charge on any atom is -0.393 e. The van der Waals surface area contributed by atoms with Crippen LogP contribution in [-0.4, -0.2) is 22.7 Å². The van der Waals surface area contributed by atoms with Crippen molar-refractivity contribution in [3.63, 3.8) is 0 Å². The monoisotopic (exact) mass is 234 g/mol. The molecule has 2 heteroatoms. The summed E-state index contributed by atoms with van der Waals surface area (Å²) in [5.74, 6) is 3.58. The minimum atomic E-state index is -0.0756. The summed E-state index contributed by atoms with van der Waals surface area (Å²) in [6.07, 6.45) is 3.28. The summed E-state index contributed by atoms with van der Waals surface area (Å²) in [6, 6.07) is 8.66. The molecule has 3 unspecified atom stereocenters. The van der Waals surface area contributed by atoms with Gasteiger partial charge in [-0.15, -0.1) is 0 Å². The van der Waals surface area contributed by atoms with E-state index >= 15 is 0 Å². The number of rotatable bonds is 3. The van der Waals surface area contributed by atoms with E-state index in [0.29, 0.717) is 11.8 Å². The lowest BCUT2D eigenvalue weighted by molar-refractivity contribution is 0.100. The summed E-state index contributed by atoms with van der Waals surface area (Å²) in [6.45, 7) is 0. The second-order valence-electron chi connectivity index (χ2n) is 5.03. The van der Waals surface area contributed by atoms with Crippen LogP contribution in [0.25, 0.3) is 0 Å². The highest BCUT2D eigenvalue weighted by atomic mass is 32.2. The lowest BCUT2D eigenvalue weighted by Crippen LogP contribution is -2.27. The van der Waals surface area contributed by atoms with E-state index in [-0.39, 0.29) is 6.10 Å². The lowest BCUT2D eigenvalue weighted by atomic mass is 9.73. The molecule has 1 fully saturated rings. The van der Waals surface area contributed by atoms with E-state index in [2.05, 4.69) is 24.3 Å². The van der Waals surface area contributed by atoms with E-state index in [1.165, 1.54) is 29.7 Å². The lowest BCUT2D eigenvalue weighted by Gasteiger charge is -2.33. The van der Waals surface area contributed by atoms with E-state index in [1.807, 2.05) is 11.8 Å². The normalized spacial score (nSPS) is 29.6. The fourth-order valence-corrected chi connectivity index (χ4v) is 4.24. The van der Waals surface area contributed by atoms with Crippen molar-refractivity contribution < 1.29 is 5.11 Å². The molecule has 1 aromatic rings. The molecule has 0 aromatic heterocycles. The Balaban J connectivity index is 1.61. The van der Waals surface area contributed by atoms with E-state index in [1.54, 1.807) is 0 Å². The molecule has 0 amide bonds. The van der Waals surface area contributed by atoms with Crippen LogP contribution in [0.2, 0.25) is 0 Å². The van der Waals surface area contributed by atoms with E-state index in [9.17, 15) is 5.11 Å². The number of fused-ring (bicyclic) bond motifs is 1. The SMILES string of the molecule is OC(CC1Cc2ccccc21)C1CCSC1. The molecule has 1 aliphatic carbocycles. The number of aliphatic hydroxyl groups excluding tert-OH is 1. The maximum absolute atomic E-state index is 10.2. The quantitative estimate of drug-likeness (QED) is 0.868. The van der Waals surface area contributed by atoms with Crippen molar-refractivity contribution >= 4 is 11.8 Å². The van der Waals surface area contributed by atoms with Crippen LogP contribution in [0.5, 0.6) is 0 Å². The van der Waals surface area contributed by atoms with Crippen molar-refractivity contribution in [3.8, 4) is 0 Å². The van der Waals surface area contributed by atoms with Gasteiger partial charge in [-0.2, -0.15) is 11.8 Å². The Morgan fingerprint density at radius 3 is 3.00 bits per heavy atom. The van der Waals surface area contributed by atoms with Crippen molar-refractivity contribution in [3.05, 3.63) is 35.4 Å². The first-order valence-corrected chi connectivity index (χ1v) is 7.33. The van der Waals surface area contributed by atoms with Gasteiger partial charge in [0.2, 0.25) is 0 Å². The van der Waals surface area contributed by atoms with Gasteiger partial charge in [-0.3, -0.25) is 0 Å². The van der Waals surface area contributed by atoms with Gasteiger partial charge in [0, 0.05) is 0 Å².